The second kappa shape index (κ2) is 9.17. The van der Waals surface area contributed by atoms with E-state index in [2.05, 4.69) is 20.1 Å². The number of alkyl halides is 6. The molecule has 1 amide bonds. The summed E-state index contributed by atoms with van der Waals surface area (Å²) in [4.78, 5) is 17.1. The van der Waals surface area contributed by atoms with Crippen molar-refractivity contribution in [3.63, 3.8) is 0 Å². The number of nitrogens with zero attached hydrogens (tertiary/aromatic N) is 3. The van der Waals surface area contributed by atoms with Crippen LogP contribution in [0.5, 0.6) is 5.75 Å². The van der Waals surface area contributed by atoms with Gasteiger partial charge in [0.05, 0.1) is 11.9 Å². The number of halogens is 6. The fourth-order valence-electron chi connectivity index (χ4n) is 3.45. The number of carbonyl (C=O) groups excluding carboxylic acids is 1. The average Bonchev–Trinajstić information content (AvgIpc) is 3.22. The van der Waals surface area contributed by atoms with E-state index in [1.54, 1.807) is 24.3 Å². The highest BCUT2D eigenvalue weighted by molar-refractivity contribution is 6.08. The van der Waals surface area contributed by atoms with E-state index in [4.69, 9.17) is 0 Å². The van der Waals surface area contributed by atoms with Crippen LogP contribution in [0.15, 0.2) is 60.8 Å². The maximum absolute atomic E-state index is 13.8. The van der Waals surface area contributed by atoms with Crippen LogP contribution in [0.3, 0.4) is 0 Å². The van der Waals surface area contributed by atoms with Crippen LogP contribution in [0.2, 0.25) is 0 Å². The zero-order chi connectivity index (χ0) is 26.3. The number of benzene rings is 2. The van der Waals surface area contributed by atoms with Gasteiger partial charge in [-0.2, -0.15) is 18.3 Å². The normalized spacial score (nSPS) is 12.2. The maximum Gasteiger partial charge on any atom is 0.573 e. The molecule has 188 valence electrons. The molecule has 0 unspecified atom stereocenters. The zero-order valence-corrected chi connectivity index (χ0v) is 18.8. The molecule has 0 aliphatic rings. The van der Waals surface area contributed by atoms with Crippen molar-refractivity contribution in [2.24, 2.45) is 0 Å². The lowest BCUT2D eigenvalue weighted by Crippen LogP contribution is -2.17. The van der Waals surface area contributed by atoms with Crippen LogP contribution >= 0.6 is 0 Å². The number of aromatic nitrogens is 3. The van der Waals surface area contributed by atoms with E-state index in [1.165, 1.54) is 0 Å². The van der Waals surface area contributed by atoms with Crippen LogP contribution in [0.4, 0.5) is 32.0 Å². The third-order valence-corrected chi connectivity index (χ3v) is 5.23. The fraction of sp³-hybridized carbons (Fsp3) is 0.208. The molecule has 0 fully saturated rings. The van der Waals surface area contributed by atoms with Gasteiger partial charge in [-0.15, -0.1) is 13.2 Å². The van der Waals surface area contributed by atoms with Crippen molar-refractivity contribution in [2.45, 2.75) is 32.3 Å². The first-order valence-corrected chi connectivity index (χ1v) is 10.6. The van der Waals surface area contributed by atoms with Crippen LogP contribution in [0.25, 0.3) is 16.9 Å². The number of ether oxygens (including phenoxy) is 1. The smallest absolute Gasteiger partial charge is 0.406 e. The van der Waals surface area contributed by atoms with Gasteiger partial charge in [0.2, 0.25) is 0 Å². The van der Waals surface area contributed by atoms with Gasteiger partial charge in [-0.05, 0) is 41.8 Å². The van der Waals surface area contributed by atoms with Crippen molar-refractivity contribution in [3.05, 3.63) is 77.6 Å². The van der Waals surface area contributed by atoms with Crippen molar-refractivity contribution in [1.29, 1.82) is 0 Å². The number of hydrogen-bond donors (Lipinski definition) is 1. The number of rotatable bonds is 5. The van der Waals surface area contributed by atoms with Gasteiger partial charge >= 0.3 is 12.5 Å². The molecule has 2 aromatic heterocycles. The van der Waals surface area contributed by atoms with Crippen LogP contribution in [-0.4, -0.2) is 26.9 Å². The van der Waals surface area contributed by atoms with E-state index in [9.17, 15) is 31.1 Å². The first kappa shape index (κ1) is 25.0. The largest absolute Gasteiger partial charge is 0.573 e. The van der Waals surface area contributed by atoms with E-state index in [-0.39, 0.29) is 28.5 Å². The molecule has 0 spiro atoms. The summed E-state index contributed by atoms with van der Waals surface area (Å²) < 4.78 is 82.7. The van der Waals surface area contributed by atoms with Crippen molar-refractivity contribution >= 4 is 17.2 Å². The lowest BCUT2D eigenvalue weighted by molar-refractivity contribution is -0.274. The van der Waals surface area contributed by atoms with Crippen LogP contribution in [0, 0.1) is 0 Å². The molecule has 2 heterocycles. The molecule has 0 bridgehead atoms. The Bertz CT molecular complexity index is 1390. The van der Waals surface area contributed by atoms with Crippen molar-refractivity contribution in [2.75, 3.05) is 5.32 Å². The highest BCUT2D eigenvalue weighted by Gasteiger charge is 2.36. The minimum atomic E-state index is -4.88. The Morgan fingerprint density at radius 2 is 1.61 bits per heavy atom. The molecule has 0 saturated heterocycles. The first-order chi connectivity index (χ1) is 16.8. The Kier molecular flexibility index (Phi) is 6.37. The number of fused-ring (bicyclic) bond motifs is 1. The Morgan fingerprint density at radius 1 is 0.972 bits per heavy atom. The summed E-state index contributed by atoms with van der Waals surface area (Å²) in [5, 5.41) is 6.12. The molecule has 0 aliphatic heterocycles. The van der Waals surface area contributed by atoms with Gasteiger partial charge in [-0.1, -0.05) is 38.1 Å². The molecule has 2 aromatic carbocycles. The van der Waals surface area contributed by atoms with Crippen molar-refractivity contribution < 1.29 is 35.9 Å². The summed E-state index contributed by atoms with van der Waals surface area (Å²) >= 11 is 0. The molecular weight excluding hydrogens is 490 g/mol. The van der Waals surface area contributed by atoms with Gasteiger partial charge in [0.15, 0.2) is 11.3 Å². The minimum Gasteiger partial charge on any atom is -0.406 e. The second-order valence-corrected chi connectivity index (χ2v) is 8.12. The van der Waals surface area contributed by atoms with Crippen LogP contribution in [0.1, 0.15) is 41.4 Å². The van der Waals surface area contributed by atoms with E-state index >= 15 is 0 Å². The van der Waals surface area contributed by atoms with E-state index in [0.717, 1.165) is 42.1 Å². The van der Waals surface area contributed by atoms with Gasteiger partial charge in [-0.25, -0.2) is 9.50 Å². The zero-order valence-electron chi connectivity index (χ0n) is 18.8. The third kappa shape index (κ3) is 5.42. The second-order valence-electron chi connectivity index (χ2n) is 8.12. The quantitative estimate of drug-likeness (QED) is 0.305. The minimum absolute atomic E-state index is 0.00617. The fourth-order valence-corrected chi connectivity index (χ4v) is 3.45. The predicted molar refractivity (Wildman–Crippen MR) is 119 cm³/mol. The Balaban J connectivity index is 1.70. The number of carbonyl (C=O) groups is 1. The summed E-state index contributed by atoms with van der Waals surface area (Å²) in [5.74, 6) is -1.12. The van der Waals surface area contributed by atoms with Crippen LogP contribution < -0.4 is 10.1 Å². The van der Waals surface area contributed by atoms with Crippen molar-refractivity contribution in [3.8, 4) is 17.0 Å². The highest BCUT2D eigenvalue weighted by Crippen LogP contribution is 2.33. The van der Waals surface area contributed by atoms with E-state index in [0.29, 0.717) is 10.1 Å². The molecule has 0 atom stereocenters. The summed E-state index contributed by atoms with van der Waals surface area (Å²) in [6.07, 6.45) is -8.72. The molecule has 4 aromatic rings. The standard InChI is InChI=1S/C24H18F6N4O2/c1-13(2)14-3-5-15(6-4-14)19-11-20(23(25,26)27)34-21(33-19)18(12-31-34)22(35)32-16-7-9-17(10-8-16)36-24(28,29)30/h3-13H,1-2H3,(H,32,35). The Hall–Kier alpha value is -4.09. The molecule has 12 heteroatoms. The predicted octanol–water partition coefficient (Wildman–Crippen LogP) is 6.69. The lowest BCUT2D eigenvalue weighted by Gasteiger charge is -2.12. The maximum atomic E-state index is 13.8. The Labute approximate surface area is 200 Å². The summed E-state index contributed by atoms with van der Waals surface area (Å²) in [6.45, 7) is 3.96. The molecular formula is C24H18F6N4O2. The molecule has 0 radical (unpaired) electrons. The molecule has 0 saturated carbocycles. The summed E-state index contributed by atoms with van der Waals surface area (Å²) in [5.41, 5.74) is -0.215. The molecule has 4 rings (SSSR count). The molecule has 0 aliphatic carbocycles. The van der Waals surface area contributed by atoms with E-state index < -0.39 is 29.9 Å². The van der Waals surface area contributed by atoms with Gasteiger partial charge in [0, 0.05) is 11.3 Å². The average molecular weight is 508 g/mol. The van der Waals surface area contributed by atoms with Crippen LogP contribution in [-0.2, 0) is 6.18 Å². The van der Waals surface area contributed by atoms with Gasteiger partial charge in [0.25, 0.3) is 5.91 Å². The number of amides is 1. The summed E-state index contributed by atoms with van der Waals surface area (Å²) in [6, 6.07) is 12.0. The lowest BCUT2D eigenvalue weighted by atomic mass is 10.0. The summed E-state index contributed by atoms with van der Waals surface area (Å²) in [7, 11) is 0. The Morgan fingerprint density at radius 3 is 2.17 bits per heavy atom. The van der Waals surface area contributed by atoms with Gasteiger partial charge in [-0.3, -0.25) is 4.79 Å². The monoisotopic (exact) mass is 508 g/mol. The number of hydrogen-bond acceptors (Lipinski definition) is 4. The van der Waals surface area contributed by atoms with Gasteiger partial charge < -0.3 is 10.1 Å². The number of anilines is 1. The molecule has 1 N–H and O–H groups in total. The third-order valence-electron chi connectivity index (χ3n) is 5.23. The molecule has 6 nitrogen and oxygen atoms in total. The van der Waals surface area contributed by atoms with Gasteiger partial charge in [0.1, 0.15) is 11.3 Å². The number of nitrogens with one attached hydrogen (secondary N) is 1. The highest BCUT2D eigenvalue weighted by atomic mass is 19.4. The first-order valence-electron chi connectivity index (χ1n) is 10.6. The topological polar surface area (TPSA) is 68.5 Å². The van der Waals surface area contributed by atoms with E-state index in [1.807, 2.05) is 13.8 Å². The van der Waals surface area contributed by atoms with Crippen molar-refractivity contribution in [1.82, 2.24) is 14.6 Å². The molecule has 36 heavy (non-hydrogen) atoms. The SMILES string of the molecule is CC(C)c1ccc(-c2cc(C(F)(F)F)n3ncc(C(=O)Nc4ccc(OC(F)(F)F)cc4)c3n2)cc1.